The van der Waals surface area contributed by atoms with Crippen molar-refractivity contribution in [1.29, 1.82) is 0 Å². The van der Waals surface area contributed by atoms with E-state index in [1.54, 1.807) is 18.2 Å². The number of hydrogen-bond acceptors (Lipinski definition) is 3. The van der Waals surface area contributed by atoms with Gasteiger partial charge >= 0.3 is 0 Å². The van der Waals surface area contributed by atoms with Crippen molar-refractivity contribution in [3.8, 4) is 0 Å². The SMILES string of the molecule is O=C(c1ccc(F)c2ccccc12)N1CCC(c2nccn2CCCCOCc2ccccc2)CC1. The minimum absolute atomic E-state index is 0.0245. The van der Waals surface area contributed by atoms with Gasteiger partial charge in [0.1, 0.15) is 11.6 Å². The van der Waals surface area contributed by atoms with Crippen LogP contribution in [0.3, 0.4) is 0 Å². The zero-order valence-electron chi connectivity index (χ0n) is 20.5. The van der Waals surface area contributed by atoms with Crippen LogP contribution in [0.1, 0.15) is 53.3 Å². The van der Waals surface area contributed by atoms with Gasteiger partial charge < -0.3 is 14.2 Å². The lowest BCUT2D eigenvalue weighted by Crippen LogP contribution is -2.38. The molecule has 1 saturated heterocycles. The van der Waals surface area contributed by atoms with Crippen LogP contribution in [0.2, 0.25) is 0 Å². The topological polar surface area (TPSA) is 47.4 Å². The average molecular weight is 486 g/mol. The molecule has 0 radical (unpaired) electrons. The van der Waals surface area contributed by atoms with Crippen LogP contribution in [0, 0.1) is 5.82 Å². The zero-order valence-corrected chi connectivity index (χ0v) is 20.5. The van der Waals surface area contributed by atoms with Crippen molar-refractivity contribution in [3.05, 3.63) is 102 Å². The van der Waals surface area contributed by atoms with Crippen molar-refractivity contribution >= 4 is 16.7 Å². The summed E-state index contributed by atoms with van der Waals surface area (Å²) in [6, 6.07) is 20.4. The summed E-state index contributed by atoms with van der Waals surface area (Å²) < 4.78 is 22.3. The normalized spacial score (nSPS) is 14.4. The highest BCUT2D eigenvalue weighted by Gasteiger charge is 2.27. The minimum Gasteiger partial charge on any atom is -0.377 e. The number of aryl methyl sites for hydroxylation is 1. The molecule has 186 valence electrons. The van der Waals surface area contributed by atoms with E-state index in [2.05, 4.69) is 27.9 Å². The number of imidazole rings is 1. The molecule has 4 aromatic rings. The van der Waals surface area contributed by atoms with Gasteiger partial charge in [-0.15, -0.1) is 0 Å². The van der Waals surface area contributed by atoms with Gasteiger partial charge in [-0.1, -0.05) is 54.6 Å². The highest BCUT2D eigenvalue weighted by atomic mass is 19.1. The van der Waals surface area contributed by atoms with Gasteiger partial charge in [-0.05, 0) is 48.8 Å². The van der Waals surface area contributed by atoms with Crippen LogP contribution in [-0.2, 0) is 17.9 Å². The Bertz CT molecular complexity index is 1300. The summed E-state index contributed by atoms with van der Waals surface area (Å²) in [4.78, 5) is 19.8. The molecule has 5 rings (SSSR count). The monoisotopic (exact) mass is 485 g/mol. The van der Waals surface area contributed by atoms with Gasteiger partial charge in [-0.3, -0.25) is 4.79 Å². The third kappa shape index (κ3) is 5.49. The molecule has 0 N–H and O–H groups in total. The second kappa shape index (κ2) is 11.5. The maximum absolute atomic E-state index is 14.2. The molecular weight excluding hydrogens is 453 g/mol. The maximum Gasteiger partial charge on any atom is 0.254 e. The second-order valence-electron chi connectivity index (χ2n) is 9.43. The van der Waals surface area contributed by atoms with Gasteiger partial charge in [0.2, 0.25) is 0 Å². The number of ether oxygens (including phenoxy) is 1. The van der Waals surface area contributed by atoms with Crippen LogP contribution < -0.4 is 0 Å². The quantitative estimate of drug-likeness (QED) is 0.266. The van der Waals surface area contributed by atoms with Gasteiger partial charge in [-0.25, -0.2) is 9.37 Å². The van der Waals surface area contributed by atoms with Crippen LogP contribution in [0.15, 0.2) is 79.1 Å². The number of likely N-dealkylation sites (tertiary alicyclic amines) is 1. The van der Waals surface area contributed by atoms with Crippen molar-refractivity contribution in [2.75, 3.05) is 19.7 Å². The molecule has 1 aliphatic rings. The number of carbonyl (C=O) groups excluding carboxylic acids is 1. The fraction of sp³-hybridized carbons (Fsp3) is 0.333. The molecule has 5 nitrogen and oxygen atoms in total. The Kier molecular flexibility index (Phi) is 7.72. The third-order valence-electron chi connectivity index (χ3n) is 7.05. The number of carbonyl (C=O) groups is 1. The molecule has 0 aliphatic carbocycles. The van der Waals surface area contributed by atoms with Gasteiger partial charge in [0.15, 0.2) is 0 Å². The molecule has 6 heteroatoms. The Morgan fingerprint density at radius 2 is 1.69 bits per heavy atom. The minimum atomic E-state index is -0.296. The van der Waals surface area contributed by atoms with Crippen LogP contribution in [-0.4, -0.2) is 40.1 Å². The van der Waals surface area contributed by atoms with Crippen LogP contribution in [0.25, 0.3) is 10.8 Å². The van der Waals surface area contributed by atoms with Crippen LogP contribution in [0.5, 0.6) is 0 Å². The zero-order chi connectivity index (χ0) is 24.7. The molecule has 3 aromatic carbocycles. The summed E-state index contributed by atoms with van der Waals surface area (Å²) in [7, 11) is 0. The fourth-order valence-electron chi connectivity index (χ4n) is 5.08. The Balaban J connectivity index is 1.11. The van der Waals surface area contributed by atoms with Crippen molar-refractivity contribution < 1.29 is 13.9 Å². The number of nitrogens with zero attached hydrogens (tertiary/aromatic N) is 3. The molecule has 0 unspecified atom stereocenters. The Hall–Kier alpha value is -3.51. The molecule has 1 amide bonds. The molecule has 0 spiro atoms. The molecule has 1 fully saturated rings. The molecule has 0 saturated carbocycles. The Labute approximate surface area is 211 Å². The van der Waals surface area contributed by atoms with Gasteiger partial charge in [0.05, 0.1) is 6.61 Å². The molecule has 2 heterocycles. The number of amides is 1. The van der Waals surface area contributed by atoms with E-state index in [1.165, 1.54) is 11.6 Å². The number of unbranched alkanes of at least 4 members (excludes halogenated alkanes) is 1. The van der Waals surface area contributed by atoms with E-state index < -0.39 is 0 Å². The van der Waals surface area contributed by atoms with Crippen molar-refractivity contribution in [3.63, 3.8) is 0 Å². The van der Waals surface area contributed by atoms with Gasteiger partial charge in [-0.2, -0.15) is 0 Å². The lowest BCUT2D eigenvalue weighted by molar-refractivity contribution is 0.0712. The summed E-state index contributed by atoms with van der Waals surface area (Å²) >= 11 is 0. The summed E-state index contributed by atoms with van der Waals surface area (Å²) in [5, 5.41) is 1.17. The summed E-state index contributed by atoms with van der Waals surface area (Å²) in [6.45, 7) is 3.68. The Morgan fingerprint density at radius 3 is 2.50 bits per heavy atom. The molecule has 1 aromatic heterocycles. The highest BCUT2D eigenvalue weighted by molar-refractivity contribution is 6.07. The predicted molar refractivity (Wildman–Crippen MR) is 139 cm³/mol. The number of aromatic nitrogens is 2. The van der Waals surface area contributed by atoms with Crippen molar-refractivity contribution in [2.45, 2.75) is 44.8 Å². The first kappa shape index (κ1) is 24.2. The number of fused-ring (bicyclic) bond motifs is 1. The first-order valence-corrected chi connectivity index (χ1v) is 12.8. The molecule has 0 bridgehead atoms. The lowest BCUT2D eigenvalue weighted by Gasteiger charge is -2.32. The molecule has 1 aliphatic heterocycles. The predicted octanol–water partition coefficient (Wildman–Crippen LogP) is 6.19. The van der Waals surface area contributed by atoms with E-state index in [0.29, 0.717) is 42.0 Å². The average Bonchev–Trinajstić information content (AvgIpc) is 3.40. The van der Waals surface area contributed by atoms with Gasteiger partial charge in [0.25, 0.3) is 5.91 Å². The van der Waals surface area contributed by atoms with E-state index in [9.17, 15) is 9.18 Å². The van der Waals surface area contributed by atoms with Gasteiger partial charge in [0, 0.05) is 55.5 Å². The van der Waals surface area contributed by atoms with Crippen LogP contribution in [0.4, 0.5) is 4.39 Å². The number of hydrogen-bond donors (Lipinski definition) is 0. The van der Waals surface area contributed by atoms with Crippen LogP contribution >= 0.6 is 0 Å². The first-order valence-electron chi connectivity index (χ1n) is 12.8. The van der Waals surface area contributed by atoms with E-state index in [1.807, 2.05) is 41.4 Å². The van der Waals surface area contributed by atoms with E-state index >= 15 is 0 Å². The smallest absolute Gasteiger partial charge is 0.254 e. The number of benzene rings is 3. The summed E-state index contributed by atoms with van der Waals surface area (Å²) in [5.41, 5.74) is 1.77. The summed E-state index contributed by atoms with van der Waals surface area (Å²) in [5.74, 6) is 1.13. The van der Waals surface area contributed by atoms with Crippen molar-refractivity contribution in [2.24, 2.45) is 0 Å². The lowest BCUT2D eigenvalue weighted by atomic mass is 9.94. The van der Waals surface area contributed by atoms with Crippen molar-refractivity contribution in [1.82, 2.24) is 14.5 Å². The second-order valence-corrected chi connectivity index (χ2v) is 9.43. The molecular formula is C30H32FN3O2. The number of piperidine rings is 1. The molecule has 36 heavy (non-hydrogen) atoms. The number of rotatable bonds is 9. The van der Waals surface area contributed by atoms with E-state index in [4.69, 9.17) is 4.74 Å². The Morgan fingerprint density at radius 1 is 0.944 bits per heavy atom. The fourth-order valence-corrected chi connectivity index (χ4v) is 5.08. The third-order valence-corrected chi connectivity index (χ3v) is 7.05. The van der Waals surface area contributed by atoms with E-state index in [-0.39, 0.29) is 11.7 Å². The maximum atomic E-state index is 14.2. The highest BCUT2D eigenvalue weighted by Crippen LogP contribution is 2.29. The standard InChI is InChI=1S/C30H32FN3O2/c31-28-13-12-27(25-10-4-5-11-26(25)28)30(35)34-18-14-24(15-19-34)29-32-16-20-33(29)17-6-7-21-36-22-23-8-2-1-3-9-23/h1-5,8-13,16,20,24H,6-7,14-15,17-19,21-22H2. The molecule has 0 atom stereocenters. The summed E-state index contributed by atoms with van der Waals surface area (Å²) in [6.07, 6.45) is 7.73. The van der Waals surface area contributed by atoms with E-state index in [0.717, 1.165) is 44.7 Å². The number of halogens is 1. The first-order chi connectivity index (χ1) is 17.7. The largest absolute Gasteiger partial charge is 0.377 e.